The summed E-state index contributed by atoms with van der Waals surface area (Å²) in [5.74, 6) is -1.75. The quantitative estimate of drug-likeness (QED) is 0.635. The summed E-state index contributed by atoms with van der Waals surface area (Å²) in [7, 11) is 3.11. The van der Waals surface area contributed by atoms with Crippen molar-refractivity contribution in [2.75, 3.05) is 14.2 Å². The number of nitrogens with one attached hydrogen (secondary N) is 1. The molecule has 2 N–H and O–H groups in total. The molecule has 8 nitrogen and oxygen atoms in total. The van der Waals surface area contributed by atoms with E-state index in [1.165, 1.54) is 7.11 Å². The van der Waals surface area contributed by atoms with Crippen LogP contribution in [0.2, 0.25) is 0 Å². The summed E-state index contributed by atoms with van der Waals surface area (Å²) in [5, 5.41) is 13.9. The van der Waals surface area contributed by atoms with Gasteiger partial charge in [0.15, 0.2) is 11.9 Å². The van der Waals surface area contributed by atoms with E-state index >= 15 is 0 Å². The number of amides is 2. The lowest BCUT2D eigenvalue weighted by Crippen LogP contribution is -2.62. The number of methoxy groups -OCH3 is 1. The number of allylic oxidation sites excluding steroid dienone is 1. The molecule has 5 atom stereocenters. The van der Waals surface area contributed by atoms with Gasteiger partial charge in [0.25, 0.3) is 5.91 Å². The molecular weight excluding hydrogens is 436 g/mol. The third-order valence-electron chi connectivity index (χ3n) is 6.05. The molecule has 8 heteroatoms. The highest BCUT2D eigenvalue weighted by Gasteiger charge is 2.48. The molecule has 0 aromatic heterocycles. The van der Waals surface area contributed by atoms with Crippen LogP contribution in [0.15, 0.2) is 36.4 Å². The number of nitrogens with zero attached hydrogens (tertiary/aromatic N) is 1. The number of carbonyl (C=O) groups excluding carboxylic acids is 2. The predicted octanol–water partition coefficient (Wildman–Crippen LogP) is 2.18. The summed E-state index contributed by atoms with van der Waals surface area (Å²) >= 11 is 0. The lowest BCUT2D eigenvalue weighted by molar-refractivity contribution is -0.334. The fraction of sp³-hybridized carbons (Fsp3) is 0.615. The van der Waals surface area contributed by atoms with Gasteiger partial charge in [-0.15, -0.1) is 0 Å². The number of aliphatic hydroxyl groups is 1. The van der Waals surface area contributed by atoms with Gasteiger partial charge < -0.3 is 29.5 Å². The van der Waals surface area contributed by atoms with E-state index in [-0.39, 0.29) is 11.3 Å². The summed E-state index contributed by atoms with van der Waals surface area (Å²) in [5.41, 5.74) is 1.95. The molecule has 1 fully saturated rings. The number of fused-ring (bicyclic) bond motifs is 1. The molecule has 0 radical (unpaired) electrons. The number of hydrogen-bond donors (Lipinski definition) is 2. The summed E-state index contributed by atoms with van der Waals surface area (Å²) in [6.07, 6.45) is 0.175. The van der Waals surface area contributed by atoms with E-state index in [0.29, 0.717) is 13.0 Å². The third kappa shape index (κ3) is 6.24. The minimum Gasteiger partial charge on any atom is -0.387 e. The van der Waals surface area contributed by atoms with Crippen molar-refractivity contribution >= 4 is 11.8 Å². The summed E-state index contributed by atoms with van der Waals surface area (Å²) in [6, 6.07) is 7.06. The minimum atomic E-state index is -1.14. The zero-order valence-corrected chi connectivity index (χ0v) is 21.2. The Morgan fingerprint density at radius 3 is 2.53 bits per heavy atom. The van der Waals surface area contributed by atoms with Crippen LogP contribution in [0.1, 0.15) is 45.7 Å². The van der Waals surface area contributed by atoms with Crippen molar-refractivity contribution in [3.05, 3.63) is 47.5 Å². The van der Waals surface area contributed by atoms with Crippen LogP contribution >= 0.6 is 0 Å². The van der Waals surface area contributed by atoms with Gasteiger partial charge in [0.2, 0.25) is 5.91 Å². The van der Waals surface area contributed by atoms with E-state index in [4.69, 9.17) is 14.2 Å². The standard InChI is InChI=1S/C26H38N2O6/c1-25(2,3)13-12-19-20(29)21(34-26(4,5)33-19)22(32-7)23(30)27-18-14-16-10-8-9-11-17(16)15-28(6)24(18)31/h8-13,18-22,29H,14-15H2,1-7H3,(H,27,30)/t18?,19-,20+,21-,22?/m1/s1. The summed E-state index contributed by atoms with van der Waals surface area (Å²) in [4.78, 5) is 27.9. The van der Waals surface area contributed by atoms with Gasteiger partial charge in [0.05, 0.1) is 0 Å². The first-order valence-corrected chi connectivity index (χ1v) is 11.7. The average Bonchev–Trinajstić information content (AvgIpc) is 2.85. The van der Waals surface area contributed by atoms with Crippen LogP contribution in [-0.2, 0) is 36.8 Å². The molecule has 34 heavy (non-hydrogen) atoms. The molecule has 0 bridgehead atoms. The van der Waals surface area contributed by atoms with Crippen molar-refractivity contribution in [3.63, 3.8) is 0 Å². The zero-order chi connectivity index (χ0) is 25.3. The van der Waals surface area contributed by atoms with E-state index in [1.54, 1.807) is 31.9 Å². The molecule has 3 rings (SSSR count). The number of hydrogen-bond acceptors (Lipinski definition) is 6. The molecule has 2 unspecified atom stereocenters. The van der Waals surface area contributed by atoms with Gasteiger partial charge in [0, 0.05) is 27.1 Å². The van der Waals surface area contributed by atoms with Gasteiger partial charge in [-0.2, -0.15) is 0 Å². The molecule has 0 spiro atoms. The maximum absolute atomic E-state index is 13.3. The van der Waals surface area contributed by atoms with Crippen LogP contribution in [0, 0.1) is 5.41 Å². The molecule has 1 aromatic carbocycles. The third-order valence-corrected chi connectivity index (χ3v) is 6.05. The molecule has 2 aliphatic heterocycles. The molecule has 0 saturated carbocycles. The second-order valence-corrected chi connectivity index (χ2v) is 10.7. The second kappa shape index (κ2) is 10.2. The van der Waals surface area contributed by atoms with E-state index < -0.39 is 42.2 Å². The molecule has 0 aliphatic carbocycles. The van der Waals surface area contributed by atoms with E-state index in [2.05, 4.69) is 5.32 Å². The van der Waals surface area contributed by atoms with Crippen LogP contribution in [0.4, 0.5) is 0 Å². The fourth-order valence-electron chi connectivity index (χ4n) is 4.36. The molecule has 188 valence electrons. The lowest BCUT2D eigenvalue weighted by atomic mass is 9.93. The molecule has 2 heterocycles. The van der Waals surface area contributed by atoms with Crippen molar-refractivity contribution in [1.29, 1.82) is 0 Å². The van der Waals surface area contributed by atoms with Gasteiger partial charge in [-0.05, 0) is 30.4 Å². The molecule has 2 aliphatic rings. The zero-order valence-electron chi connectivity index (χ0n) is 21.2. The Labute approximate surface area is 202 Å². The van der Waals surface area contributed by atoms with Crippen LogP contribution < -0.4 is 5.32 Å². The Hall–Kier alpha value is -2.26. The average molecular weight is 475 g/mol. The number of likely N-dealkylation sites (N-methyl/N-ethyl adjacent to an activating group) is 1. The van der Waals surface area contributed by atoms with Gasteiger partial charge in [0.1, 0.15) is 24.4 Å². The maximum atomic E-state index is 13.3. The van der Waals surface area contributed by atoms with Crippen LogP contribution in [0.25, 0.3) is 0 Å². The maximum Gasteiger partial charge on any atom is 0.252 e. The lowest BCUT2D eigenvalue weighted by Gasteiger charge is -2.45. The summed E-state index contributed by atoms with van der Waals surface area (Å²) in [6.45, 7) is 10.1. The number of ether oxygens (including phenoxy) is 3. The van der Waals surface area contributed by atoms with Gasteiger partial charge in [-0.1, -0.05) is 57.2 Å². The van der Waals surface area contributed by atoms with Crippen LogP contribution in [-0.4, -0.2) is 72.2 Å². The van der Waals surface area contributed by atoms with Crippen molar-refractivity contribution in [3.8, 4) is 0 Å². The predicted molar refractivity (Wildman–Crippen MR) is 128 cm³/mol. The smallest absolute Gasteiger partial charge is 0.252 e. The number of rotatable bonds is 5. The first-order chi connectivity index (χ1) is 15.8. The first kappa shape index (κ1) is 26.3. The SMILES string of the molecule is COC(C(=O)NC1Cc2ccccc2CN(C)C1=O)[C@@H]1OC(C)(C)O[C@H](C=CC(C)(C)C)[C@@H]1O. The van der Waals surface area contributed by atoms with E-state index in [1.807, 2.05) is 51.1 Å². The Bertz CT molecular complexity index is 922. The number of carbonyl (C=O) groups is 2. The Balaban J connectivity index is 1.81. The van der Waals surface area contributed by atoms with Gasteiger partial charge in [-0.25, -0.2) is 0 Å². The molecule has 1 aromatic rings. The van der Waals surface area contributed by atoms with Gasteiger partial charge in [-0.3, -0.25) is 9.59 Å². The summed E-state index contributed by atoms with van der Waals surface area (Å²) < 4.78 is 17.4. The van der Waals surface area contributed by atoms with Gasteiger partial charge >= 0.3 is 0 Å². The number of benzene rings is 1. The Morgan fingerprint density at radius 1 is 1.26 bits per heavy atom. The second-order valence-electron chi connectivity index (χ2n) is 10.7. The van der Waals surface area contributed by atoms with E-state index in [9.17, 15) is 14.7 Å². The normalized spacial score (nSPS) is 28.4. The molecular formula is C26H38N2O6. The van der Waals surface area contributed by atoms with Crippen molar-refractivity contribution < 1.29 is 28.9 Å². The Morgan fingerprint density at radius 2 is 1.91 bits per heavy atom. The highest BCUT2D eigenvalue weighted by molar-refractivity contribution is 5.90. The fourth-order valence-corrected chi connectivity index (χ4v) is 4.36. The van der Waals surface area contributed by atoms with Crippen molar-refractivity contribution in [1.82, 2.24) is 10.2 Å². The van der Waals surface area contributed by atoms with Crippen molar-refractivity contribution in [2.45, 2.75) is 83.8 Å². The molecule has 2 amide bonds. The highest BCUT2D eigenvalue weighted by Crippen LogP contribution is 2.31. The monoisotopic (exact) mass is 474 g/mol. The van der Waals surface area contributed by atoms with Crippen LogP contribution in [0.3, 0.4) is 0 Å². The highest BCUT2D eigenvalue weighted by atomic mass is 16.7. The van der Waals surface area contributed by atoms with E-state index in [0.717, 1.165) is 11.1 Å². The minimum absolute atomic E-state index is 0.110. The first-order valence-electron chi connectivity index (χ1n) is 11.7. The number of aliphatic hydroxyl groups excluding tert-OH is 1. The van der Waals surface area contributed by atoms with Crippen molar-refractivity contribution in [2.24, 2.45) is 5.41 Å². The largest absolute Gasteiger partial charge is 0.387 e. The Kier molecular flexibility index (Phi) is 7.87. The molecule has 1 saturated heterocycles. The topological polar surface area (TPSA) is 97.3 Å². The van der Waals surface area contributed by atoms with Crippen LogP contribution in [0.5, 0.6) is 0 Å².